The van der Waals surface area contributed by atoms with Gasteiger partial charge in [0, 0.05) is 25.8 Å². The van der Waals surface area contributed by atoms with Crippen molar-refractivity contribution in [3.8, 4) is 11.5 Å². The summed E-state index contributed by atoms with van der Waals surface area (Å²) in [7, 11) is -0.693. The van der Waals surface area contributed by atoms with Gasteiger partial charge in [0.05, 0.1) is 14.2 Å². The fourth-order valence-electron chi connectivity index (χ4n) is 2.25. The molecule has 6 nitrogen and oxygen atoms in total. The van der Waals surface area contributed by atoms with Gasteiger partial charge in [-0.3, -0.25) is 0 Å². The molecule has 1 heterocycles. The fraction of sp³-hybridized carbons (Fsp3) is 0.571. The molecule has 0 bridgehead atoms. The average Bonchev–Trinajstić information content (AvgIpc) is 2.53. The van der Waals surface area contributed by atoms with Gasteiger partial charge in [0.15, 0.2) is 0 Å². The largest absolute Gasteiger partial charge is 0.497 e. The average molecular weight is 315 g/mol. The zero-order valence-corrected chi connectivity index (χ0v) is 13.1. The van der Waals surface area contributed by atoms with Crippen LogP contribution in [0.15, 0.2) is 23.1 Å². The molecule has 7 heteroatoms. The second-order valence-corrected chi connectivity index (χ2v) is 6.66. The van der Waals surface area contributed by atoms with E-state index in [4.69, 9.17) is 14.2 Å². The summed E-state index contributed by atoms with van der Waals surface area (Å²) in [6.45, 7) is 1.79. The summed E-state index contributed by atoms with van der Waals surface area (Å²) in [5.41, 5.74) is 0. The third-order valence-corrected chi connectivity index (χ3v) is 5.01. The SMILES string of the molecule is COc1ccc(OC)c(S(=O)(=O)NCC2CCOCC2)c1. The monoisotopic (exact) mass is 315 g/mol. The molecule has 1 aliphatic heterocycles. The quantitative estimate of drug-likeness (QED) is 0.859. The minimum atomic E-state index is -3.63. The Kier molecular flexibility index (Phi) is 5.44. The predicted molar refractivity (Wildman–Crippen MR) is 78.3 cm³/mol. The summed E-state index contributed by atoms with van der Waals surface area (Å²) in [5, 5.41) is 0. The van der Waals surface area contributed by atoms with Crippen molar-refractivity contribution in [2.45, 2.75) is 17.7 Å². The van der Waals surface area contributed by atoms with E-state index in [1.54, 1.807) is 12.1 Å². The van der Waals surface area contributed by atoms with Gasteiger partial charge in [0.25, 0.3) is 0 Å². The molecular weight excluding hydrogens is 294 g/mol. The van der Waals surface area contributed by atoms with E-state index in [0.29, 0.717) is 37.2 Å². The first kappa shape index (κ1) is 16.1. The van der Waals surface area contributed by atoms with Gasteiger partial charge < -0.3 is 14.2 Å². The number of rotatable bonds is 6. The van der Waals surface area contributed by atoms with Gasteiger partial charge in [-0.25, -0.2) is 13.1 Å². The number of hydrogen-bond donors (Lipinski definition) is 1. The van der Waals surface area contributed by atoms with Crippen molar-refractivity contribution < 1.29 is 22.6 Å². The van der Waals surface area contributed by atoms with Crippen LogP contribution in [0.1, 0.15) is 12.8 Å². The van der Waals surface area contributed by atoms with E-state index in [1.807, 2.05) is 0 Å². The molecule has 0 atom stereocenters. The first-order valence-electron chi connectivity index (χ1n) is 6.86. The Morgan fingerprint density at radius 3 is 2.57 bits per heavy atom. The molecular formula is C14H21NO5S. The highest BCUT2D eigenvalue weighted by Gasteiger charge is 2.22. The maximum atomic E-state index is 12.4. The smallest absolute Gasteiger partial charge is 0.244 e. The highest BCUT2D eigenvalue weighted by atomic mass is 32.2. The second-order valence-electron chi connectivity index (χ2n) is 4.92. The Morgan fingerprint density at radius 2 is 1.95 bits per heavy atom. The third kappa shape index (κ3) is 4.09. The Labute approximate surface area is 125 Å². The van der Waals surface area contributed by atoms with Crippen molar-refractivity contribution in [1.29, 1.82) is 0 Å². The van der Waals surface area contributed by atoms with Crippen LogP contribution in [0.4, 0.5) is 0 Å². The van der Waals surface area contributed by atoms with E-state index < -0.39 is 10.0 Å². The summed E-state index contributed by atoms with van der Waals surface area (Å²) in [6, 6.07) is 4.71. The highest BCUT2D eigenvalue weighted by Crippen LogP contribution is 2.28. The Morgan fingerprint density at radius 1 is 1.24 bits per heavy atom. The van der Waals surface area contributed by atoms with E-state index in [-0.39, 0.29) is 4.90 Å². The molecule has 0 unspecified atom stereocenters. The summed E-state index contributed by atoms with van der Waals surface area (Å²) < 4.78 is 43.0. The predicted octanol–water partition coefficient (Wildman–Crippen LogP) is 1.41. The maximum Gasteiger partial charge on any atom is 0.244 e. The molecule has 1 saturated heterocycles. The van der Waals surface area contributed by atoms with Crippen LogP contribution in [0.5, 0.6) is 11.5 Å². The molecule has 1 fully saturated rings. The lowest BCUT2D eigenvalue weighted by molar-refractivity contribution is 0.0678. The number of ether oxygens (including phenoxy) is 3. The van der Waals surface area contributed by atoms with E-state index in [1.165, 1.54) is 20.3 Å². The summed E-state index contributed by atoms with van der Waals surface area (Å²) in [5.74, 6) is 1.09. The maximum absolute atomic E-state index is 12.4. The number of methoxy groups -OCH3 is 2. The number of nitrogens with one attached hydrogen (secondary N) is 1. The Hall–Kier alpha value is -1.31. The van der Waals surface area contributed by atoms with Crippen LogP contribution in [0.3, 0.4) is 0 Å². The molecule has 0 saturated carbocycles. The lowest BCUT2D eigenvalue weighted by atomic mass is 10.0. The van der Waals surface area contributed by atoms with Gasteiger partial charge in [-0.15, -0.1) is 0 Å². The first-order valence-corrected chi connectivity index (χ1v) is 8.34. The van der Waals surface area contributed by atoms with Gasteiger partial charge in [-0.05, 0) is 30.9 Å². The zero-order chi connectivity index (χ0) is 15.3. The molecule has 0 spiro atoms. The highest BCUT2D eigenvalue weighted by molar-refractivity contribution is 7.89. The molecule has 1 aromatic rings. The third-order valence-electron chi connectivity index (χ3n) is 3.56. The molecule has 21 heavy (non-hydrogen) atoms. The molecule has 0 amide bonds. The number of sulfonamides is 1. The molecule has 0 aliphatic carbocycles. The molecule has 0 radical (unpaired) electrons. The molecule has 1 aliphatic rings. The van der Waals surface area contributed by atoms with E-state index in [0.717, 1.165) is 12.8 Å². The normalized spacial score (nSPS) is 16.7. The van der Waals surface area contributed by atoms with Gasteiger partial charge in [0.1, 0.15) is 16.4 Å². The van der Waals surface area contributed by atoms with Crippen LogP contribution < -0.4 is 14.2 Å². The molecule has 118 valence electrons. The first-order chi connectivity index (χ1) is 10.1. The Balaban J connectivity index is 2.14. The van der Waals surface area contributed by atoms with Crippen molar-refractivity contribution in [1.82, 2.24) is 4.72 Å². The zero-order valence-electron chi connectivity index (χ0n) is 12.3. The standard InChI is InChI=1S/C14H21NO5S/c1-18-12-3-4-13(19-2)14(9-12)21(16,17)15-10-11-5-7-20-8-6-11/h3-4,9,11,15H,5-8,10H2,1-2H3. The van der Waals surface area contributed by atoms with Crippen LogP contribution in [-0.4, -0.2) is 42.4 Å². The van der Waals surface area contributed by atoms with Crippen molar-refractivity contribution in [2.24, 2.45) is 5.92 Å². The molecule has 1 aromatic carbocycles. The summed E-state index contributed by atoms with van der Waals surface area (Å²) in [4.78, 5) is 0.0939. The second kappa shape index (κ2) is 7.11. The number of benzene rings is 1. The molecule has 2 rings (SSSR count). The van der Waals surface area contributed by atoms with Crippen molar-refractivity contribution in [2.75, 3.05) is 34.0 Å². The molecule has 0 aromatic heterocycles. The van der Waals surface area contributed by atoms with E-state index >= 15 is 0 Å². The van der Waals surface area contributed by atoms with Crippen molar-refractivity contribution in [3.63, 3.8) is 0 Å². The summed E-state index contributed by atoms with van der Waals surface area (Å²) >= 11 is 0. The molecule has 1 N–H and O–H groups in total. The lowest BCUT2D eigenvalue weighted by Crippen LogP contribution is -2.32. The van der Waals surface area contributed by atoms with Crippen LogP contribution in [0.2, 0.25) is 0 Å². The van der Waals surface area contributed by atoms with Gasteiger partial charge in [-0.2, -0.15) is 0 Å². The van der Waals surface area contributed by atoms with Gasteiger partial charge >= 0.3 is 0 Å². The van der Waals surface area contributed by atoms with Crippen LogP contribution in [-0.2, 0) is 14.8 Å². The van der Waals surface area contributed by atoms with Crippen LogP contribution in [0.25, 0.3) is 0 Å². The van der Waals surface area contributed by atoms with Gasteiger partial charge in [-0.1, -0.05) is 0 Å². The van der Waals surface area contributed by atoms with Gasteiger partial charge in [0.2, 0.25) is 10.0 Å². The Bertz CT molecular complexity index is 567. The minimum absolute atomic E-state index is 0.0939. The lowest BCUT2D eigenvalue weighted by Gasteiger charge is -2.22. The summed E-state index contributed by atoms with van der Waals surface area (Å²) in [6.07, 6.45) is 1.75. The number of hydrogen-bond acceptors (Lipinski definition) is 5. The topological polar surface area (TPSA) is 73.9 Å². The van der Waals surface area contributed by atoms with Crippen molar-refractivity contribution in [3.05, 3.63) is 18.2 Å². The van der Waals surface area contributed by atoms with E-state index in [2.05, 4.69) is 4.72 Å². The fourth-order valence-corrected chi connectivity index (χ4v) is 3.55. The minimum Gasteiger partial charge on any atom is -0.497 e. The van der Waals surface area contributed by atoms with Crippen LogP contribution in [0, 0.1) is 5.92 Å². The van der Waals surface area contributed by atoms with E-state index in [9.17, 15) is 8.42 Å². The van der Waals surface area contributed by atoms with Crippen LogP contribution >= 0.6 is 0 Å². The van der Waals surface area contributed by atoms with Crippen molar-refractivity contribution >= 4 is 10.0 Å².